The Morgan fingerprint density at radius 3 is 2.79 bits per heavy atom. The van der Waals surface area contributed by atoms with Gasteiger partial charge in [-0.25, -0.2) is 4.98 Å². The van der Waals surface area contributed by atoms with E-state index in [-0.39, 0.29) is 23.6 Å². The highest BCUT2D eigenvalue weighted by Gasteiger charge is 2.32. The summed E-state index contributed by atoms with van der Waals surface area (Å²) in [5, 5.41) is 0.824. The van der Waals surface area contributed by atoms with Gasteiger partial charge < -0.3 is 9.64 Å². The van der Waals surface area contributed by atoms with Crippen LogP contribution in [0.4, 0.5) is 5.95 Å². The van der Waals surface area contributed by atoms with Crippen LogP contribution in [0.25, 0.3) is 10.2 Å². The van der Waals surface area contributed by atoms with E-state index < -0.39 is 0 Å². The Balaban J connectivity index is 0.00000205. The van der Waals surface area contributed by atoms with Crippen LogP contribution < -0.4 is 10.5 Å². The quantitative estimate of drug-likeness (QED) is 0.624. The molecule has 29 heavy (non-hydrogen) atoms. The first-order valence-corrected chi connectivity index (χ1v) is 10.8. The molecule has 0 atom stereocenters. The summed E-state index contributed by atoms with van der Waals surface area (Å²) in [7, 11) is 0. The van der Waals surface area contributed by atoms with Gasteiger partial charge in [-0.3, -0.25) is 9.36 Å². The second-order valence-electron chi connectivity index (χ2n) is 8.35. The normalized spacial score (nSPS) is 17.5. The molecule has 1 aromatic carbocycles. The van der Waals surface area contributed by atoms with Crippen molar-refractivity contribution in [1.82, 2.24) is 9.55 Å². The molecule has 0 radical (unpaired) electrons. The topological polar surface area (TPSA) is 47.4 Å². The second kappa shape index (κ2) is 7.74. The number of rotatable bonds is 3. The van der Waals surface area contributed by atoms with Crippen LogP contribution in [0.2, 0.25) is 0 Å². The van der Waals surface area contributed by atoms with Crippen molar-refractivity contribution in [1.29, 1.82) is 0 Å². The Hall–Kier alpha value is -1.89. The van der Waals surface area contributed by atoms with E-state index in [1.54, 1.807) is 11.3 Å². The third kappa shape index (κ3) is 3.69. The number of benzene rings is 1. The molecule has 0 saturated heterocycles. The Morgan fingerprint density at radius 2 is 2.00 bits per heavy atom. The van der Waals surface area contributed by atoms with E-state index in [2.05, 4.69) is 43.0 Å². The summed E-state index contributed by atoms with van der Waals surface area (Å²) in [5.41, 5.74) is 2.37. The van der Waals surface area contributed by atoms with Crippen molar-refractivity contribution in [2.45, 2.75) is 51.9 Å². The van der Waals surface area contributed by atoms with E-state index in [1.807, 2.05) is 10.6 Å². The van der Waals surface area contributed by atoms with Crippen molar-refractivity contribution in [2.24, 2.45) is 0 Å². The van der Waals surface area contributed by atoms with Crippen molar-refractivity contribution in [2.75, 3.05) is 18.0 Å². The highest BCUT2D eigenvalue weighted by Crippen LogP contribution is 2.37. The summed E-state index contributed by atoms with van der Waals surface area (Å²) in [6, 6.07) is 10.5. The zero-order valence-electron chi connectivity index (χ0n) is 16.8. The van der Waals surface area contributed by atoms with Crippen molar-refractivity contribution in [3.63, 3.8) is 0 Å². The molecule has 7 heteroatoms. The molecule has 2 aromatic heterocycles. The second-order valence-corrected chi connectivity index (χ2v) is 9.44. The smallest absolute Gasteiger partial charge is 0.263 e. The minimum absolute atomic E-state index is 0. The largest absolute Gasteiger partial charge is 0.370 e. The van der Waals surface area contributed by atoms with Crippen LogP contribution in [0, 0.1) is 0 Å². The Morgan fingerprint density at radius 1 is 1.21 bits per heavy atom. The minimum atomic E-state index is -0.226. The molecule has 2 aliphatic rings. The van der Waals surface area contributed by atoms with Crippen LogP contribution >= 0.6 is 23.7 Å². The van der Waals surface area contributed by atoms with Crippen LogP contribution in [0.5, 0.6) is 0 Å². The van der Waals surface area contributed by atoms with Gasteiger partial charge in [-0.2, -0.15) is 0 Å². The van der Waals surface area contributed by atoms with E-state index in [0.717, 1.165) is 65.5 Å². The third-order valence-electron chi connectivity index (χ3n) is 5.78. The van der Waals surface area contributed by atoms with Crippen LogP contribution in [0.1, 0.15) is 36.3 Å². The van der Waals surface area contributed by atoms with Crippen LogP contribution in [0.3, 0.4) is 0 Å². The Labute approximate surface area is 180 Å². The molecule has 0 aliphatic carbocycles. The van der Waals surface area contributed by atoms with Crippen molar-refractivity contribution >= 4 is 39.9 Å². The van der Waals surface area contributed by atoms with Crippen molar-refractivity contribution in [3.05, 3.63) is 56.7 Å². The minimum Gasteiger partial charge on any atom is -0.370 e. The first-order chi connectivity index (χ1) is 13.5. The van der Waals surface area contributed by atoms with E-state index in [4.69, 9.17) is 9.72 Å². The van der Waals surface area contributed by atoms with Crippen LogP contribution in [0.15, 0.2) is 35.1 Å². The van der Waals surface area contributed by atoms with Gasteiger partial charge in [0.15, 0.2) is 0 Å². The summed E-state index contributed by atoms with van der Waals surface area (Å²) in [4.78, 5) is 22.7. The number of hydrogen-bond donors (Lipinski definition) is 0. The number of thiophene rings is 1. The number of nitrogens with zero attached hydrogens (tertiary/aromatic N) is 3. The van der Waals surface area contributed by atoms with E-state index >= 15 is 0 Å². The van der Waals surface area contributed by atoms with Gasteiger partial charge >= 0.3 is 0 Å². The molecule has 0 unspecified atom stereocenters. The zero-order chi connectivity index (χ0) is 19.3. The first-order valence-electron chi connectivity index (χ1n) is 10.00. The van der Waals surface area contributed by atoms with Crippen molar-refractivity contribution < 1.29 is 4.74 Å². The Bertz CT molecular complexity index is 1090. The van der Waals surface area contributed by atoms with Gasteiger partial charge in [0.25, 0.3) is 5.56 Å². The summed E-state index contributed by atoms with van der Waals surface area (Å²) in [5.74, 6) is 0.832. The van der Waals surface area contributed by atoms with E-state index in [9.17, 15) is 4.79 Å². The van der Waals surface area contributed by atoms with Gasteiger partial charge in [0.2, 0.25) is 5.95 Å². The lowest BCUT2D eigenvalue weighted by Gasteiger charge is -2.31. The molecule has 5 rings (SSSR count). The summed E-state index contributed by atoms with van der Waals surface area (Å²) in [6.07, 6.45) is 2.71. The van der Waals surface area contributed by atoms with Gasteiger partial charge in [0, 0.05) is 30.9 Å². The lowest BCUT2D eigenvalue weighted by atomic mass is 9.94. The lowest BCUT2D eigenvalue weighted by molar-refractivity contribution is -0.0379. The number of ether oxygens (including phenoxy) is 1. The van der Waals surface area contributed by atoms with E-state index in [1.165, 1.54) is 5.56 Å². The lowest BCUT2D eigenvalue weighted by Crippen LogP contribution is -2.40. The monoisotopic (exact) mass is 431 g/mol. The summed E-state index contributed by atoms with van der Waals surface area (Å²) < 4.78 is 7.85. The van der Waals surface area contributed by atoms with Gasteiger partial charge in [0.1, 0.15) is 4.83 Å². The maximum absolute atomic E-state index is 13.4. The molecular formula is C22H26ClN3O2S. The third-order valence-corrected chi connectivity index (χ3v) is 6.88. The average Bonchev–Trinajstić information content (AvgIpc) is 3.04. The molecule has 0 N–H and O–H groups in total. The predicted molar refractivity (Wildman–Crippen MR) is 121 cm³/mol. The Kier molecular flexibility index (Phi) is 5.44. The van der Waals surface area contributed by atoms with Crippen LogP contribution in [-0.4, -0.2) is 28.2 Å². The molecule has 2 aliphatic heterocycles. The SMILES string of the molecule is CC1(C)Cc2c(sc3nc4n(c(=O)c23)CCCN4CCc2ccccc2)CO1.Cl. The molecule has 3 aromatic rings. The summed E-state index contributed by atoms with van der Waals surface area (Å²) in [6.45, 7) is 7.34. The van der Waals surface area contributed by atoms with Gasteiger partial charge in [-0.05, 0) is 37.8 Å². The van der Waals surface area contributed by atoms with Gasteiger partial charge in [-0.15, -0.1) is 23.7 Å². The number of aromatic nitrogens is 2. The molecule has 0 fully saturated rings. The summed E-state index contributed by atoms with van der Waals surface area (Å²) >= 11 is 1.63. The van der Waals surface area contributed by atoms with E-state index in [0.29, 0.717) is 6.61 Å². The fourth-order valence-electron chi connectivity index (χ4n) is 4.30. The highest BCUT2D eigenvalue weighted by molar-refractivity contribution is 7.18. The maximum atomic E-state index is 13.4. The van der Waals surface area contributed by atoms with Crippen LogP contribution in [-0.2, 0) is 30.7 Å². The van der Waals surface area contributed by atoms with Gasteiger partial charge in [0.05, 0.1) is 17.6 Å². The fourth-order valence-corrected chi connectivity index (χ4v) is 5.39. The number of hydrogen-bond acceptors (Lipinski definition) is 5. The number of halogens is 1. The zero-order valence-corrected chi connectivity index (χ0v) is 18.4. The highest BCUT2D eigenvalue weighted by atomic mass is 35.5. The number of anilines is 1. The molecule has 5 nitrogen and oxygen atoms in total. The molecule has 0 spiro atoms. The average molecular weight is 432 g/mol. The molecule has 0 saturated carbocycles. The molecule has 0 bridgehead atoms. The first kappa shape index (κ1) is 20.4. The fraction of sp³-hybridized carbons (Fsp3) is 0.455. The molecule has 0 amide bonds. The maximum Gasteiger partial charge on any atom is 0.263 e. The molecular weight excluding hydrogens is 406 g/mol. The van der Waals surface area contributed by atoms with Gasteiger partial charge in [-0.1, -0.05) is 30.3 Å². The standard InChI is InChI=1S/C22H25N3O2S.ClH/c1-22(2)13-16-17(14-27-22)28-19-18(16)20(26)25-11-6-10-24(21(25)23-19)12-9-15-7-4-3-5-8-15;/h3-5,7-8H,6,9-14H2,1-2H3;1H. The molecule has 4 heterocycles. The molecule has 154 valence electrons. The van der Waals surface area contributed by atoms with Crippen molar-refractivity contribution in [3.8, 4) is 0 Å². The number of fused-ring (bicyclic) bond motifs is 4. The predicted octanol–water partition coefficient (Wildman–Crippen LogP) is 4.18.